The fourth-order valence-electron chi connectivity index (χ4n) is 1.91. The highest BCUT2D eigenvalue weighted by Crippen LogP contribution is 2.23. The normalized spacial score (nSPS) is 12.9. The Balaban J connectivity index is 2.11. The standard InChI is InChI=1S/C15H19ClN2O/c1-10(2)18-7-6-13(17-18)9-15(19)12-5-4-11(3)14(16)8-12/h4-8,10,15,19H,9H2,1-3H3. The van der Waals surface area contributed by atoms with Crippen molar-refractivity contribution in [1.82, 2.24) is 9.78 Å². The van der Waals surface area contributed by atoms with E-state index in [1.165, 1.54) is 0 Å². The maximum Gasteiger partial charge on any atom is 0.0846 e. The Morgan fingerprint density at radius 2 is 2.05 bits per heavy atom. The van der Waals surface area contributed by atoms with Crippen LogP contribution in [0.2, 0.25) is 5.02 Å². The van der Waals surface area contributed by atoms with Crippen molar-refractivity contribution in [2.75, 3.05) is 0 Å². The fourth-order valence-corrected chi connectivity index (χ4v) is 2.10. The zero-order chi connectivity index (χ0) is 14.0. The molecule has 1 heterocycles. The van der Waals surface area contributed by atoms with E-state index in [4.69, 9.17) is 11.6 Å². The summed E-state index contributed by atoms with van der Waals surface area (Å²) in [4.78, 5) is 0. The quantitative estimate of drug-likeness (QED) is 0.926. The van der Waals surface area contributed by atoms with Crippen LogP contribution in [-0.2, 0) is 6.42 Å². The molecule has 3 nitrogen and oxygen atoms in total. The second-order valence-corrected chi connectivity index (χ2v) is 5.52. The number of nitrogens with zero attached hydrogens (tertiary/aromatic N) is 2. The SMILES string of the molecule is Cc1ccc(C(O)Cc2ccn(C(C)C)n2)cc1Cl. The molecule has 0 aliphatic rings. The molecular weight excluding hydrogens is 260 g/mol. The first-order valence-corrected chi connectivity index (χ1v) is 6.83. The second kappa shape index (κ2) is 5.76. The molecule has 0 radical (unpaired) electrons. The summed E-state index contributed by atoms with van der Waals surface area (Å²) in [5.74, 6) is 0. The van der Waals surface area contributed by atoms with Crippen molar-refractivity contribution in [2.45, 2.75) is 39.3 Å². The summed E-state index contributed by atoms with van der Waals surface area (Å²) in [5.41, 5.74) is 2.73. The molecular formula is C15H19ClN2O. The molecule has 0 fully saturated rings. The van der Waals surface area contributed by atoms with Crippen molar-refractivity contribution in [3.63, 3.8) is 0 Å². The van der Waals surface area contributed by atoms with Crippen LogP contribution < -0.4 is 0 Å². The van der Waals surface area contributed by atoms with Crippen molar-refractivity contribution in [1.29, 1.82) is 0 Å². The van der Waals surface area contributed by atoms with Gasteiger partial charge in [-0.3, -0.25) is 4.68 Å². The van der Waals surface area contributed by atoms with Gasteiger partial charge in [0.1, 0.15) is 0 Å². The van der Waals surface area contributed by atoms with Crippen LogP contribution in [0, 0.1) is 6.92 Å². The molecule has 19 heavy (non-hydrogen) atoms. The van der Waals surface area contributed by atoms with Gasteiger partial charge in [0.25, 0.3) is 0 Å². The van der Waals surface area contributed by atoms with Crippen LogP contribution in [-0.4, -0.2) is 14.9 Å². The number of benzene rings is 1. The van der Waals surface area contributed by atoms with E-state index in [0.717, 1.165) is 16.8 Å². The molecule has 1 unspecified atom stereocenters. The molecule has 0 bridgehead atoms. The average Bonchev–Trinajstić information content (AvgIpc) is 2.81. The van der Waals surface area contributed by atoms with Gasteiger partial charge in [0, 0.05) is 23.7 Å². The number of aryl methyl sites for hydroxylation is 1. The summed E-state index contributed by atoms with van der Waals surface area (Å²) < 4.78 is 1.89. The van der Waals surface area contributed by atoms with Crippen molar-refractivity contribution in [3.05, 3.63) is 52.3 Å². The van der Waals surface area contributed by atoms with Crippen LogP contribution in [0.25, 0.3) is 0 Å². The van der Waals surface area contributed by atoms with E-state index in [1.807, 2.05) is 42.1 Å². The molecule has 0 spiro atoms. The third-order valence-electron chi connectivity index (χ3n) is 3.18. The lowest BCUT2D eigenvalue weighted by atomic mass is 10.0. The molecule has 102 valence electrons. The van der Waals surface area contributed by atoms with Crippen molar-refractivity contribution >= 4 is 11.6 Å². The highest BCUT2D eigenvalue weighted by Gasteiger charge is 2.12. The second-order valence-electron chi connectivity index (χ2n) is 5.11. The molecule has 1 aromatic carbocycles. The minimum Gasteiger partial charge on any atom is -0.388 e. The smallest absolute Gasteiger partial charge is 0.0846 e. The average molecular weight is 279 g/mol. The van der Waals surface area contributed by atoms with E-state index in [-0.39, 0.29) is 0 Å². The van der Waals surface area contributed by atoms with Crippen LogP contribution in [0.4, 0.5) is 0 Å². The first kappa shape index (κ1) is 14.1. The zero-order valence-electron chi connectivity index (χ0n) is 11.5. The molecule has 0 amide bonds. The molecule has 1 aromatic heterocycles. The summed E-state index contributed by atoms with van der Waals surface area (Å²) in [6.45, 7) is 6.10. The topological polar surface area (TPSA) is 38.0 Å². The number of aromatic nitrogens is 2. The van der Waals surface area contributed by atoms with Crippen molar-refractivity contribution < 1.29 is 5.11 Å². The summed E-state index contributed by atoms with van der Waals surface area (Å²) >= 11 is 6.08. The number of aliphatic hydroxyl groups excluding tert-OH is 1. The van der Waals surface area contributed by atoms with Crippen LogP contribution in [0.5, 0.6) is 0 Å². The van der Waals surface area contributed by atoms with Gasteiger partial charge in [-0.25, -0.2) is 0 Å². The highest BCUT2D eigenvalue weighted by molar-refractivity contribution is 6.31. The van der Waals surface area contributed by atoms with Gasteiger partial charge in [-0.1, -0.05) is 23.7 Å². The summed E-state index contributed by atoms with van der Waals surface area (Å²) in [6.07, 6.45) is 1.86. The molecule has 4 heteroatoms. The number of aliphatic hydroxyl groups is 1. The monoisotopic (exact) mass is 278 g/mol. The predicted octanol–water partition coefficient (Wildman–Crippen LogP) is 3.70. The van der Waals surface area contributed by atoms with E-state index in [1.54, 1.807) is 0 Å². The summed E-state index contributed by atoms with van der Waals surface area (Å²) in [7, 11) is 0. The first-order chi connectivity index (χ1) is 8.97. The molecule has 0 saturated carbocycles. The van der Waals surface area contributed by atoms with E-state index >= 15 is 0 Å². The molecule has 1 atom stereocenters. The van der Waals surface area contributed by atoms with Crippen LogP contribution in [0.15, 0.2) is 30.5 Å². The highest BCUT2D eigenvalue weighted by atomic mass is 35.5. The van der Waals surface area contributed by atoms with Gasteiger partial charge in [0.2, 0.25) is 0 Å². The van der Waals surface area contributed by atoms with E-state index < -0.39 is 6.10 Å². The van der Waals surface area contributed by atoms with Gasteiger partial charge in [-0.2, -0.15) is 5.10 Å². The predicted molar refractivity (Wildman–Crippen MR) is 77.5 cm³/mol. The van der Waals surface area contributed by atoms with Gasteiger partial charge in [-0.05, 0) is 44.0 Å². The number of halogens is 1. The summed E-state index contributed by atoms with van der Waals surface area (Å²) in [5, 5.41) is 15.4. The molecule has 1 N–H and O–H groups in total. The maximum atomic E-state index is 10.2. The minimum absolute atomic E-state index is 0.333. The molecule has 0 aliphatic carbocycles. The molecule has 0 aliphatic heterocycles. The van der Waals surface area contributed by atoms with Gasteiger partial charge >= 0.3 is 0 Å². The van der Waals surface area contributed by atoms with Gasteiger partial charge in [-0.15, -0.1) is 0 Å². The van der Waals surface area contributed by atoms with Crippen LogP contribution in [0.1, 0.15) is 42.8 Å². The van der Waals surface area contributed by atoms with Gasteiger partial charge < -0.3 is 5.11 Å². The van der Waals surface area contributed by atoms with E-state index in [0.29, 0.717) is 17.5 Å². The Morgan fingerprint density at radius 3 is 2.63 bits per heavy atom. The maximum absolute atomic E-state index is 10.2. The zero-order valence-corrected chi connectivity index (χ0v) is 12.2. The third-order valence-corrected chi connectivity index (χ3v) is 3.58. The Labute approximate surface area is 118 Å². The van der Waals surface area contributed by atoms with E-state index in [9.17, 15) is 5.11 Å². The lowest BCUT2D eigenvalue weighted by molar-refractivity contribution is 0.177. The fraction of sp³-hybridized carbons (Fsp3) is 0.400. The number of hydrogen-bond donors (Lipinski definition) is 1. The minimum atomic E-state index is -0.575. The Kier molecular flexibility index (Phi) is 4.27. The lowest BCUT2D eigenvalue weighted by Crippen LogP contribution is -2.05. The van der Waals surface area contributed by atoms with Crippen LogP contribution >= 0.6 is 11.6 Å². The van der Waals surface area contributed by atoms with Gasteiger partial charge in [0.05, 0.1) is 11.8 Å². The first-order valence-electron chi connectivity index (χ1n) is 6.45. The molecule has 2 aromatic rings. The largest absolute Gasteiger partial charge is 0.388 e. The Morgan fingerprint density at radius 1 is 1.32 bits per heavy atom. The van der Waals surface area contributed by atoms with E-state index in [2.05, 4.69) is 18.9 Å². The number of hydrogen-bond acceptors (Lipinski definition) is 2. The summed E-state index contributed by atoms with van der Waals surface area (Å²) in [6, 6.07) is 7.93. The van der Waals surface area contributed by atoms with Gasteiger partial charge in [0.15, 0.2) is 0 Å². The van der Waals surface area contributed by atoms with Crippen LogP contribution in [0.3, 0.4) is 0 Å². The molecule has 0 saturated heterocycles. The lowest BCUT2D eigenvalue weighted by Gasteiger charge is -2.11. The molecule has 2 rings (SSSR count). The number of rotatable bonds is 4. The van der Waals surface area contributed by atoms with Crippen molar-refractivity contribution in [3.8, 4) is 0 Å². The van der Waals surface area contributed by atoms with Crippen molar-refractivity contribution in [2.24, 2.45) is 0 Å². The Bertz CT molecular complexity index is 563. The third kappa shape index (κ3) is 3.37. The Hall–Kier alpha value is -1.32.